The van der Waals surface area contributed by atoms with Gasteiger partial charge in [-0.1, -0.05) is 43.0 Å². The van der Waals surface area contributed by atoms with Crippen molar-refractivity contribution in [2.75, 3.05) is 0 Å². The maximum Gasteiger partial charge on any atom is 0.291 e. The molecule has 1 atom stereocenters. The molecule has 1 aromatic heterocycles. The summed E-state index contributed by atoms with van der Waals surface area (Å²) >= 11 is 14.1. The number of imidazole rings is 1. The molecule has 0 amide bonds. The molecule has 2 aromatic rings. The van der Waals surface area contributed by atoms with E-state index in [1.165, 1.54) is 12.8 Å². The van der Waals surface area contributed by atoms with Gasteiger partial charge in [-0.25, -0.2) is 4.98 Å². The minimum Gasteiger partial charge on any atom is -0.336 e. The van der Waals surface area contributed by atoms with Crippen LogP contribution in [0.5, 0.6) is 0 Å². The Bertz CT molecular complexity index is 667. The fourth-order valence-corrected chi connectivity index (χ4v) is 4.11. The highest BCUT2D eigenvalue weighted by molar-refractivity contribution is 8.00. The molecule has 138 valence electrons. The summed E-state index contributed by atoms with van der Waals surface area (Å²) < 4.78 is 2.21. The van der Waals surface area contributed by atoms with E-state index in [0.29, 0.717) is 5.02 Å². The van der Waals surface area contributed by atoms with Crippen LogP contribution in [-0.4, -0.2) is 24.6 Å². The molecular formula is C16H21Cl2N3O3S. The molecule has 0 aliphatic rings. The minimum atomic E-state index is -1.50. The number of nitrogens with zero attached hydrogens (tertiary/aromatic N) is 3. The summed E-state index contributed by atoms with van der Waals surface area (Å²) in [6.07, 6.45) is 9.21. The molecule has 0 fully saturated rings. The van der Waals surface area contributed by atoms with Gasteiger partial charge in [-0.2, -0.15) is 0 Å². The van der Waals surface area contributed by atoms with E-state index in [1.807, 2.05) is 48.7 Å². The predicted octanol–water partition coefficient (Wildman–Crippen LogP) is 5.58. The molecule has 1 heterocycles. The Morgan fingerprint density at radius 2 is 2.12 bits per heavy atom. The number of hydrogen-bond acceptors (Lipinski definition) is 4. The molecular weight excluding hydrogens is 385 g/mol. The Labute approximate surface area is 161 Å². The zero-order valence-corrected chi connectivity index (χ0v) is 16.4. The SMILES string of the molecule is CCCCC(C)(Cn1ccnc1)Sc1ccc(Cl)cc1Cl.O=[N+]([O-])O. The van der Waals surface area contributed by atoms with Crippen LogP contribution in [0.4, 0.5) is 0 Å². The molecule has 25 heavy (non-hydrogen) atoms. The monoisotopic (exact) mass is 405 g/mol. The number of benzene rings is 1. The van der Waals surface area contributed by atoms with E-state index in [-0.39, 0.29) is 4.75 Å². The summed E-state index contributed by atoms with van der Waals surface area (Å²) in [6.45, 7) is 5.42. The highest BCUT2D eigenvalue weighted by Gasteiger charge is 2.26. The van der Waals surface area contributed by atoms with Crippen molar-refractivity contribution < 1.29 is 10.3 Å². The van der Waals surface area contributed by atoms with Crippen molar-refractivity contribution in [3.63, 3.8) is 0 Å². The van der Waals surface area contributed by atoms with Gasteiger partial charge < -0.3 is 9.77 Å². The second kappa shape index (κ2) is 10.5. The molecule has 9 heteroatoms. The first kappa shape index (κ1) is 21.6. The van der Waals surface area contributed by atoms with Crippen molar-refractivity contribution in [1.29, 1.82) is 0 Å². The average molecular weight is 406 g/mol. The molecule has 1 N–H and O–H groups in total. The van der Waals surface area contributed by atoms with E-state index in [4.69, 9.17) is 38.5 Å². The maximum absolute atomic E-state index is 8.36. The quantitative estimate of drug-likeness (QED) is 0.369. The molecule has 0 aliphatic heterocycles. The minimum absolute atomic E-state index is 0.0776. The van der Waals surface area contributed by atoms with Crippen molar-refractivity contribution in [2.24, 2.45) is 0 Å². The van der Waals surface area contributed by atoms with Crippen LogP contribution in [0.2, 0.25) is 10.0 Å². The first-order valence-corrected chi connectivity index (χ1v) is 9.26. The van der Waals surface area contributed by atoms with E-state index in [1.54, 1.807) is 0 Å². The van der Waals surface area contributed by atoms with Crippen LogP contribution in [0.15, 0.2) is 41.8 Å². The summed E-state index contributed by atoms with van der Waals surface area (Å²) in [5, 5.41) is 15.0. The van der Waals surface area contributed by atoms with E-state index in [0.717, 1.165) is 22.9 Å². The molecule has 0 aliphatic carbocycles. The van der Waals surface area contributed by atoms with Gasteiger partial charge in [0.2, 0.25) is 0 Å². The third kappa shape index (κ3) is 8.47. The molecule has 0 spiro atoms. The number of thioether (sulfide) groups is 1. The summed E-state index contributed by atoms with van der Waals surface area (Å²) in [7, 11) is 0. The summed E-state index contributed by atoms with van der Waals surface area (Å²) in [6, 6.07) is 5.71. The Morgan fingerprint density at radius 3 is 2.64 bits per heavy atom. The van der Waals surface area contributed by atoms with Gasteiger partial charge in [0.1, 0.15) is 0 Å². The first-order chi connectivity index (χ1) is 11.8. The van der Waals surface area contributed by atoms with Gasteiger partial charge in [-0.15, -0.1) is 21.9 Å². The number of unbranched alkanes of at least 4 members (excludes halogenated alkanes) is 1. The molecule has 0 saturated carbocycles. The number of rotatable bonds is 7. The Hall–Kier alpha value is -1.44. The van der Waals surface area contributed by atoms with Gasteiger partial charge >= 0.3 is 0 Å². The van der Waals surface area contributed by atoms with Crippen LogP contribution in [0.25, 0.3) is 0 Å². The fourth-order valence-electron chi connectivity index (χ4n) is 2.30. The number of aromatic nitrogens is 2. The lowest BCUT2D eigenvalue weighted by Crippen LogP contribution is -2.26. The van der Waals surface area contributed by atoms with Crippen molar-refractivity contribution in [2.45, 2.75) is 49.3 Å². The molecule has 2 rings (SSSR count). The highest BCUT2D eigenvalue weighted by Crippen LogP contribution is 2.41. The normalized spacial score (nSPS) is 12.8. The van der Waals surface area contributed by atoms with Gasteiger partial charge in [0.05, 0.1) is 11.3 Å². The van der Waals surface area contributed by atoms with Crippen molar-refractivity contribution >= 4 is 35.0 Å². The van der Waals surface area contributed by atoms with E-state index in [2.05, 4.69) is 23.4 Å². The largest absolute Gasteiger partial charge is 0.336 e. The average Bonchev–Trinajstić information content (AvgIpc) is 3.00. The lowest BCUT2D eigenvalue weighted by Gasteiger charge is -2.30. The Morgan fingerprint density at radius 1 is 1.44 bits per heavy atom. The lowest BCUT2D eigenvalue weighted by atomic mass is 10.0. The maximum atomic E-state index is 8.36. The van der Waals surface area contributed by atoms with Crippen LogP contribution < -0.4 is 0 Å². The van der Waals surface area contributed by atoms with Gasteiger partial charge in [0.15, 0.2) is 0 Å². The second-order valence-electron chi connectivity index (χ2n) is 5.70. The topological polar surface area (TPSA) is 81.2 Å². The smallest absolute Gasteiger partial charge is 0.291 e. The van der Waals surface area contributed by atoms with Crippen molar-refractivity contribution in [3.05, 3.63) is 57.1 Å². The summed E-state index contributed by atoms with van der Waals surface area (Å²) in [4.78, 5) is 13.6. The first-order valence-electron chi connectivity index (χ1n) is 7.69. The Kier molecular flexibility index (Phi) is 9.10. The molecule has 0 saturated heterocycles. The van der Waals surface area contributed by atoms with Crippen LogP contribution >= 0.6 is 35.0 Å². The van der Waals surface area contributed by atoms with Gasteiger partial charge in [-0.3, -0.25) is 0 Å². The van der Waals surface area contributed by atoms with E-state index in [9.17, 15) is 0 Å². The Balaban J connectivity index is 0.000000705. The molecule has 0 radical (unpaired) electrons. The van der Waals surface area contributed by atoms with Crippen LogP contribution in [-0.2, 0) is 6.54 Å². The summed E-state index contributed by atoms with van der Waals surface area (Å²) in [5.41, 5.74) is 0. The molecule has 1 unspecified atom stereocenters. The fraction of sp³-hybridized carbons (Fsp3) is 0.438. The number of hydrogen-bond donors (Lipinski definition) is 1. The van der Waals surface area contributed by atoms with Crippen LogP contribution in [0.1, 0.15) is 33.1 Å². The third-order valence-electron chi connectivity index (χ3n) is 3.39. The molecule has 0 bridgehead atoms. The standard InChI is InChI=1S/C16H20Cl2N2S.HNO3/c1-3-4-7-16(2,11-20-9-8-19-12-20)21-15-6-5-13(17)10-14(15)18;2-1(3)4/h5-6,8-10,12H,3-4,7,11H2,1-2H3;(H,2,3,4). The van der Waals surface area contributed by atoms with Gasteiger partial charge in [-0.05, 0) is 31.5 Å². The number of halogens is 2. The predicted molar refractivity (Wildman–Crippen MR) is 101 cm³/mol. The van der Waals surface area contributed by atoms with Crippen molar-refractivity contribution in [3.8, 4) is 0 Å². The zero-order chi connectivity index (χ0) is 18.9. The van der Waals surface area contributed by atoms with Crippen molar-refractivity contribution in [1.82, 2.24) is 9.55 Å². The zero-order valence-electron chi connectivity index (χ0n) is 14.1. The highest BCUT2D eigenvalue weighted by atomic mass is 35.5. The lowest BCUT2D eigenvalue weighted by molar-refractivity contribution is -0.742. The van der Waals surface area contributed by atoms with E-state index >= 15 is 0 Å². The van der Waals surface area contributed by atoms with E-state index < -0.39 is 5.09 Å². The molecule has 6 nitrogen and oxygen atoms in total. The van der Waals surface area contributed by atoms with Gasteiger partial charge in [0.25, 0.3) is 5.09 Å². The van der Waals surface area contributed by atoms with Crippen LogP contribution in [0.3, 0.4) is 0 Å². The second-order valence-corrected chi connectivity index (χ2v) is 8.18. The third-order valence-corrected chi connectivity index (χ3v) is 5.45. The molecule has 1 aromatic carbocycles. The van der Waals surface area contributed by atoms with Gasteiger partial charge in [0, 0.05) is 33.6 Å². The van der Waals surface area contributed by atoms with Crippen LogP contribution in [0, 0.1) is 10.1 Å². The summed E-state index contributed by atoms with van der Waals surface area (Å²) in [5.74, 6) is 0.